The SMILES string of the molecule is CCOCC1CCCCCN1. The Kier molecular flexibility index (Phi) is 4.55. The topological polar surface area (TPSA) is 21.3 Å². The zero-order chi connectivity index (χ0) is 7.94. The monoisotopic (exact) mass is 157 g/mol. The van der Waals surface area contributed by atoms with Gasteiger partial charge in [-0.05, 0) is 26.3 Å². The first-order chi connectivity index (χ1) is 5.43. The van der Waals surface area contributed by atoms with Gasteiger partial charge in [0.15, 0.2) is 0 Å². The molecule has 1 heterocycles. The molecule has 0 saturated carbocycles. The minimum absolute atomic E-state index is 0.623. The lowest BCUT2D eigenvalue weighted by atomic mass is 10.1. The van der Waals surface area contributed by atoms with E-state index in [-0.39, 0.29) is 0 Å². The Morgan fingerprint density at radius 3 is 3.09 bits per heavy atom. The molecule has 2 nitrogen and oxygen atoms in total. The molecule has 0 spiro atoms. The van der Waals surface area contributed by atoms with Crippen molar-refractivity contribution in [1.29, 1.82) is 0 Å². The fourth-order valence-corrected chi connectivity index (χ4v) is 1.50. The molecule has 0 aromatic rings. The number of hydrogen-bond donors (Lipinski definition) is 1. The van der Waals surface area contributed by atoms with Crippen LogP contribution in [0.15, 0.2) is 0 Å². The van der Waals surface area contributed by atoms with Gasteiger partial charge in [0.2, 0.25) is 0 Å². The van der Waals surface area contributed by atoms with E-state index >= 15 is 0 Å². The van der Waals surface area contributed by atoms with E-state index in [0.29, 0.717) is 6.04 Å². The zero-order valence-electron chi connectivity index (χ0n) is 7.44. The Morgan fingerprint density at radius 1 is 1.36 bits per heavy atom. The van der Waals surface area contributed by atoms with Crippen molar-refractivity contribution in [3.05, 3.63) is 0 Å². The van der Waals surface area contributed by atoms with Crippen molar-refractivity contribution >= 4 is 0 Å². The second kappa shape index (κ2) is 5.56. The summed E-state index contributed by atoms with van der Waals surface area (Å²) in [7, 11) is 0. The van der Waals surface area contributed by atoms with Crippen LogP contribution in [0.2, 0.25) is 0 Å². The number of ether oxygens (including phenoxy) is 1. The van der Waals surface area contributed by atoms with E-state index in [1.54, 1.807) is 0 Å². The Morgan fingerprint density at radius 2 is 2.27 bits per heavy atom. The predicted octanol–water partition coefficient (Wildman–Crippen LogP) is 1.56. The van der Waals surface area contributed by atoms with Gasteiger partial charge in [-0.25, -0.2) is 0 Å². The Balaban J connectivity index is 2.09. The largest absolute Gasteiger partial charge is 0.380 e. The lowest BCUT2D eigenvalue weighted by Crippen LogP contribution is -2.32. The maximum atomic E-state index is 5.37. The molecule has 1 saturated heterocycles. The van der Waals surface area contributed by atoms with Crippen LogP contribution in [0, 0.1) is 0 Å². The van der Waals surface area contributed by atoms with Crippen molar-refractivity contribution < 1.29 is 4.74 Å². The van der Waals surface area contributed by atoms with E-state index < -0.39 is 0 Å². The van der Waals surface area contributed by atoms with Crippen LogP contribution >= 0.6 is 0 Å². The van der Waals surface area contributed by atoms with E-state index in [9.17, 15) is 0 Å². The third-order valence-corrected chi connectivity index (χ3v) is 2.19. The molecule has 0 radical (unpaired) electrons. The van der Waals surface area contributed by atoms with E-state index in [4.69, 9.17) is 4.74 Å². The average Bonchev–Trinajstić information content (AvgIpc) is 2.28. The molecule has 0 amide bonds. The van der Waals surface area contributed by atoms with Crippen LogP contribution in [0.3, 0.4) is 0 Å². The summed E-state index contributed by atoms with van der Waals surface area (Å²) in [5.41, 5.74) is 0. The third-order valence-electron chi connectivity index (χ3n) is 2.19. The highest BCUT2D eigenvalue weighted by Gasteiger charge is 2.10. The van der Waals surface area contributed by atoms with Gasteiger partial charge in [0.05, 0.1) is 6.61 Å². The van der Waals surface area contributed by atoms with Crippen molar-refractivity contribution in [3.63, 3.8) is 0 Å². The summed E-state index contributed by atoms with van der Waals surface area (Å²) in [6.07, 6.45) is 5.38. The van der Waals surface area contributed by atoms with Gasteiger partial charge in [0, 0.05) is 12.6 Å². The summed E-state index contributed by atoms with van der Waals surface area (Å²) in [6.45, 7) is 4.98. The Labute approximate surface area is 69.3 Å². The van der Waals surface area contributed by atoms with Gasteiger partial charge in [-0.3, -0.25) is 0 Å². The van der Waals surface area contributed by atoms with E-state index in [1.165, 1.54) is 32.2 Å². The first kappa shape index (κ1) is 9.01. The van der Waals surface area contributed by atoms with Crippen LogP contribution < -0.4 is 5.32 Å². The number of hydrogen-bond acceptors (Lipinski definition) is 2. The first-order valence-corrected chi connectivity index (χ1v) is 4.74. The molecular weight excluding hydrogens is 138 g/mol. The summed E-state index contributed by atoms with van der Waals surface area (Å²) >= 11 is 0. The number of nitrogens with one attached hydrogen (secondary N) is 1. The highest BCUT2D eigenvalue weighted by Crippen LogP contribution is 2.08. The standard InChI is InChI=1S/C9H19NO/c1-2-11-8-9-6-4-3-5-7-10-9/h9-10H,2-8H2,1H3. The van der Waals surface area contributed by atoms with Gasteiger partial charge in [-0.1, -0.05) is 12.8 Å². The molecule has 1 atom stereocenters. The van der Waals surface area contributed by atoms with E-state index in [0.717, 1.165) is 13.2 Å². The fraction of sp³-hybridized carbons (Fsp3) is 1.00. The molecule has 2 heteroatoms. The van der Waals surface area contributed by atoms with Crippen molar-refractivity contribution in [3.8, 4) is 0 Å². The van der Waals surface area contributed by atoms with Crippen LogP contribution in [0.1, 0.15) is 32.6 Å². The van der Waals surface area contributed by atoms with Crippen molar-refractivity contribution in [2.75, 3.05) is 19.8 Å². The molecule has 1 unspecified atom stereocenters. The minimum Gasteiger partial charge on any atom is -0.380 e. The molecular formula is C9H19NO. The summed E-state index contributed by atoms with van der Waals surface area (Å²) in [4.78, 5) is 0. The molecule has 0 aromatic heterocycles. The lowest BCUT2D eigenvalue weighted by molar-refractivity contribution is 0.121. The summed E-state index contributed by atoms with van der Waals surface area (Å²) in [6, 6.07) is 0.623. The molecule has 1 fully saturated rings. The zero-order valence-corrected chi connectivity index (χ0v) is 7.44. The second-order valence-corrected chi connectivity index (χ2v) is 3.16. The van der Waals surface area contributed by atoms with Gasteiger partial charge in [-0.2, -0.15) is 0 Å². The van der Waals surface area contributed by atoms with E-state index in [2.05, 4.69) is 12.2 Å². The average molecular weight is 157 g/mol. The molecule has 1 aliphatic heterocycles. The Bertz CT molecular complexity index is 87.6. The highest BCUT2D eigenvalue weighted by molar-refractivity contribution is 4.69. The fourth-order valence-electron chi connectivity index (χ4n) is 1.50. The molecule has 0 aliphatic carbocycles. The molecule has 11 heavy (non-hydrogen) atoms. The van der Waals surface area contributed by atoms with Gasteiger partial charge in [0.25, 0.3) is 0 Å². The van der Waals surface area contributed by atoms with Gasteiger partial charge < -0.3 is 10.1 Å². The number of rotatable bonds is 3. The molecule has 1 rings (SSSR count). The van der Waals surface area contributed by atoms with Crippen molar-refractivity contribution in [2.24, 2.45) is 0 Å². The quantitative estimate of drug-likeness (QED) is 0.671. The summed E-state index contributed by atoms with van der Waals surface area (Å²) < 4.78 is 5.37. The lowest BCUT2D eigenvalue weighted by Gasteiger charge is -2.14. The molecule has 1 N–H and O–H groups in total. The van der Waals surface area contributed by atoms with Crippen LogP contribution in [-0.4, -0.2) is 25.8 Å². The molecule has 66 valence electrons. The maximum absolute atomic E-state index is 5.37. The van der Waals surface area contributed by atoms with E-state index in [1.807, 2.05) is 0 Å². The van der Waals surface area contributed by atoms with Crippen LogP contribution in [0.5, 0.6) is 0 Å². The van der Waals surface area contributed by atoms with Gasteiger partial charge in [-0.15, -0.1) is 0 Å². The molecule has 1 aliphatic rings. The minimum atomic E-state index is 0.623. The van der Waals surface area contributed by atoms with Crippen molar-refractivity contribution in [2.45, 2.75) is 38.6 Å². The van der Waals surface area contributed by atoms with Gasteiger partial charge in [0.1, 0.15) is 0 Å². The van der Waals surface area contributed by atoms with Gasteiger partial charge >= 0.3 is 0 Å². The van der Waals surface area contributed by atoms with Crippen LogP contribution in [0.25, 0.3) is 0 Å². The van der Waals surface area contributed by atoms with Crippen LogP contribution in [0.4, 0.5) is 0 Å². The predicted molar refractivity (Wildman–Crippen MR) is 46.8 cm³/mol. The maximum Gasteiger partial charge on any atom is 0.0619 e. The third kappa shape index (κ3) is 3.73. The van der Waals surface area contributed by atoms with Crippen molar-refractivity contribution in [1.82, 2.24) is 5.32 Å². The normalized spacial score (nSPS) is 26.5. The smallest absolute Gasteiger partial charge is 0.0619 e. The molecule has 0 aromatic carbocycles. The Hall–Kier alpha value is -0.0800. The van der Waals surface area contributed by atoms with Crippen LogP contribution in [-0.2, 0) is 4.74 Å². The second-order valence-electron chi connectivity index (χ2n) is 3.16. The molecule has 0 bridgehead atoms. The highest BCUT2D eigenvalue weighted by atomic mass is 16.5. The first-order valence-electron chi connectivity index (χ1n) is 4.74. The summed E-state index contributed by atoms with van der Waals surface area (Å²) in [5.74, 6) is 0. The summed E-state index contributed by atoms with van der Waals surface area (Å²) in [5, 5.41) is 3.49.